The predicted molar refractivity (Wildman–Crippen MR) is 69.8 cm³/mol. The number of aliphatic hydroxyl groups excluding tert-OH is 1. The van der Waals surface area contributed by atoms with E-state index in [1.807, 2.05) is 0 Å². The van der Waals surface area contributed by atoms with Crippen LogP contribution in [0.25, 0.3) is 0 Å². The van der Waals surface area contributed by atoms with Crippen molar-refractivity contribution in [1.82, 2.24) is 4.90 Å². The number of hydrogen-bond donors (Lipinski definition) is 1. The highest BCUT2D eigenvalue weighted by Crippen LogP contribution is 2.23. The normalized spacial score (nSPS) is 27.3. The van der Waals surface area contributed by atoms with Gasteiger partial charge >= 0.3 is 0 Å². The number of ether oxygens (including phenoxy) is 3. The van der Waals surface area contributed by atoms with E-state index in [-0.39, 0.29) is 5.60 Å². The summed E-state index contributed by atoms with van der Waals surface area (Å²) in [6.45, 7) is 6.13. The molecule has 108 valence electrons. The molecule has 0 bridgehead atoms. The van der Waals surface area contributed by atoms with Crippen molar-refractivity contribution in [2.75, 3.05) is 53.7 Å². The van der Waals surface area contributed by atoms with E-state index in [0.717, 1.165) is 25.9 Å². The van der Waals surface area contributed by atoms with E-state index in [1.54, 1.807) is 14.2 Å². The first-order valence-electron chi connectivity index (χ1n) is 6.62. The third-order valence-corrected chi connectivity index (χ3v) is 3.44. The van der Waals surface area contributed by atoms with Crippen LogP contribution in [0.15, 0.2) is 0 Å². The molecular formula is C13H27NO4. The van der Waals surface area contributed by atoms with Crippen molar-refractivity contribution >= 4 is 0 Å². The zero-order valence-electron chi connectivity index (χ0n) is 11.9. The summed E-state index contributed by atoms with van der Waals surface area (Å²) in [4.78, 5) is 2.25. The quantitative estimate of drug-likeness (QED) is 0.645. The molecule has 0 radical (unpaired) electrons. The van der Waals surface area contributed by atoms with Gasteiger partial charge in [0.25, 0.3) is 0 Å². The molecule has 5 heteroatoms. The molecule has 1 N–H and O–H groups in total. The molecule has 1 rings (SSSR count). The first-order valence-corrected chi connectivity index (χ1v) is 6.62. The number of β-amino-alcohol motifs (C(OH)–C–C–N with tert-alkyl or cyclic N) is 1. The minimum Gasteiger partial charge on any atom is -0.389 e. The lowest BCUT2D eigenvalue weighted by Gasteiger charge is -2.40. The Morgan fingerprint density at radius 3 is 2.78 bits per heavy atom. The summed E-state index contributed by atoms with van der Waals surface area (Å²) in [6.07, 6.45) is 1.75. The number of nitrogens with zero attached hydrogens (tertiary/aromatic N) is 1. The number of likely N-dealkylation sites (tertiary alicyclic amines) is 1. The Kier molecular flexibility index (Phi) is 7.11. The lowest BCUT2D eigenvalue weighted by molar-refractivity contribution is -0.0659. The van der Waals surface area contributed by atoms with Gasteiger partial charge in [-0.1, -0.05) is 0 Å². The van der Waals surface area contributed by atoms with Crippen molar-refractivity contribution in [1.29, 1.82) is 0 Å². The number of piperidine rings is 1. The van der Waals surface area contributed by atoms with E-state index in [1.165, 1.54) is 0 Å². The lowest BCUT2D eigenvalue weighted by atomic mass is 9.94. The van der Waals surface area contributed by atoms with Crippen molar-refractivity contribution < 1.29 is 19.3 Å². The largest absolute Gasteiger partial charge is 0.389 e. The van der Waals surface area contributed by atoms with Gasteiger partial charge in [0.1, 0.15) is 0 Å². The summed E-state index contributed by atoms with van der Waals surface area (Å²) in [5.41, 5.74) is -0.0745. The molecule has 0 aliphatic carbocycles. The van der Waals surface area contributed by atoms with Crippen molar-refractivity contribution in [3.8, 4) is 0 Å². The maximum absolute atomic E-state index is 9.90. The second-order valence-electron chi connectivity index (χ2n) is 5.21. The Hall–Kier alpha value is -0.200. The third kappa shape index (κ3) is 5.63. The molecule has 18 heavy (non-hydrogen) atoms. The van der Waals surface area contributed by atoms with E-state index in [4.69, 9.17) is 14.2 Å². The van der Waals surface area contributed by atoms with Crippen molar-refractivity contribution in [2.45, 2.75) is 31.5 Å². The molecule has 0 spiro atoms. The standard InChI is InChI=1S/C13H27NO4/c1-13(17-3)5-4-6-14(11-13)9-12(15)10-18-8-7-16-2/h12,15H,4-11H2,1-3H3. The van der Waals surface area contributed by atoms with Crippen LogP contribution in [0, 0.1) is 0 Å². The molecule has 0 saturated carbocycles. The summed E-state index contributed by atoms with van der Waals surface area (Å²) in [7, 11) is 3.40. The highest BCUT2D eigenvalue weighted by molar-refractivity contribution is 4.85. The fraction of sp³-hybridized carbons (Fsp3) is 1.00. The van der Waals surface area contributed by atoms with Crippen LogP contribution in [-0.4, -0.2) is 75.4 Å². The van der Waals surface area contributed by atoms with E-state index in [2.05, 4.69) is 11.8 Å². The number of methoxy groups -OCH3 is 2. The zero-order chi connectivity index (χ0) is 13.4. The Balaban J connectivity index is 2.20. The van der Waals surface area contributed by atoms with E-state index in [9.17, 15) is 5.11 Å². The van der Waals surface area contributed by atoms with Crippen LogP contribution in [-0.2, 0) is 14.2 Å². The zero-order valence-corrected chi connectivity index (χ0v) is 11.9. The summed E-state index contributed by atoms with van der Waals surface area (Å²) in [5.74, 6) is 0. The van der Waals surface area contributed by atoms with Crippen LogP contribution < -0.4 is 0 Å². The second-order valence-corrected chi connectivity index (χ2v) is 5.21. The maximum atomic E-state index is 9.90. The van der Waals surface area contributed by atoms with Crippen LogP contribution in [0.3, 0.4) is 0 Å². The van der Waals surface area contributed by atoms with Gasteiger partial charge in [0.15, 0.2) is 0 Å². The molecule has 2 atom stereocenters. The summed E-state index contributed by atoms with van der Waals surface area (Å²) in [6, 6.07) is 0. The van der Waals surface area contributed by atoms with Gasteiger partial charge in [0, 0.05) is 27.3 Å². The molecule has 1 aliphatic heterocycles. The van der Waals surface area contributed by atoms with Crippen molar-refractivity contribution in [3.63, 3.8) is 0 Å². The Labute approximate surface area is 110 Å². The maximum Gasteiger partial charge on any atom is 0.0900 e. The summed E-state index contributed by atoms with van der Waals surface area (Å²) < 4.78 is 15.7. The first kappa shape index (κ1) is 15.9. The van der Waals surface area contributed by atoms with Gasteiger partial charge in [-0.2, -0.15) is 0 Å². The van der Waals surface area contributed by atoms with Gasteiger partial charge in [-0.15, -0.1) is 0 Å². The minimum atomic E-state index is -0.443. The van der Waals surface area contributed by atoms with Crippen LogP contribution in [0.1, 0.15) is 19.8 Å². The molecule has 1 heterocycles. The average Bonchev–Trinajstić information content (AvgIpc) is 2.35. The Morgan fingerprint density at radius 1 is 1.33 bits per heavy atom. The minimum absolute atomic E-state index is 0.0745. The molecular weight excluding hydrogens is 234 g/mol. The molecule has 1 fully saturated rings. The molecule has 1 saturated heterocycles. The van der Waals surface area contributed by atoms with Crippen LogP contribution in [0.5, 0.6) is 0 Å². The number of aliphatic hydroxyl groups is 1. The van der Waals surface area contributed by atoms with Gasteiger partial charge in [0.05, 0.1) is 31.5 Å². The highest BCUT2D eigenvalue weighted by atomic mass is 16.5. The van der Waals surface area contributed by atoms with E-state index >= 15 is 0 Å². The van der Waals surface area contributed by atoms with Crippen molar-refractivity contribution in [3.05, 3.63) is 0 Å². The lowest BCUT2D eigenvalue weighted by Crippen LogP contribution is -2.49. The average molecular weight is 261 g/mol. The predicted octanol–water partition coefficient (Wildman–Crippen LogP) is 0.511. The molecule has 5 nitrogen and oxygen atoms in total. The van der Waals surface area contributed by atoms with Crippen LogP contribution in [0.4, 0.5) is 0 Å². The van der Waals surface area contributed by atoms with Crippen LogP contribution in [0.2, 0.25) is 0 Å². The molecule has 1 aliphatic rings. The van der Waals surface area contributed by atoms with Gasteiger partial charge in [-0.25, -0.2) is 0 Å². The summed E-state index contributed by atoms with van der Waals surface area (Å²) >= 11 is 0. The topological polar surface area (TPSA) is 51.2 Å². The molecule has 2 unspecified atom stereocenters. The van der Waals surface area contributed by atoms with E-state index in [0.29, 0.717) is 26.4 Å². The highest BCUT2D eigenvalue weighted by Gasteiger charge is 2.31. The summed E-state index contributed by atoms with van der Waals surface area (Å²) in [5, 5.41) is 9.90. The Morgan fingerprint density at radius 2 is 2.11 bits per heavy atom. The fourth-order valence-corrected chi connectivity index (χ4v) is 2.34. The van der Waals surface area contributed by atoms with Gasteiger partial charge < -0.3 is 19.3 Å². The van der Waals surface area contributed by atoms with Crippen molar-refractivity contribution in [2.24, 2.45) is 0 Å². The van der Waals surface area contributed by atoms with Crippen LogP contribution >= 0.6 is 0 Å². The number of rotatable bonds is 8. The SMILES string of the molecule is COCCOCC(O)CN1CCCC(C)(OC)C1. The van der Waals surface area contributed by atoms with E-state index < -0.39 is 6.10 Å². The molecule has 0 aromatic rings. The first-order chi connectivity index (χ1) is 8.59. The fourth-order valence-electron chi connectivity index (χ4n) is 2.34. The number of hydrogen-bond acceptors (Lipinski definition) is 5. The smallest absolute Gasteiger partial charge is 0.0900 e. The third-order valence-electron chi connectivity index (χ3n) is 3.44. The van der Waals surface area contributed by atoms with Gasteiger partial charge in [-0.05, 0) is 26.3 Å². The monoisotopic (exact) mass is 261 g/mol. The molecule has 0 aromatic heterocycles. The molecule has 0 aromatic carbocycles. The Bertz CT molecular complexity index is 227. The van der Waals surface area contributed by atoms with Gasteiger partial charge in [0.2, 0.25) is 0 Å². The molecule has 0 amide bonds. The second kappa shape index (κ2) is 8.07. The van der Waals surface area contributed by atoms with Gasteiger partial charge in [-0.3, -0.25) is 4.90 Å².